The first-order valence-electron chi connectivity index (χ1n) is 7.50. The standard InChI is InChI=1S/C14H28N4O2/c1-5-16(6-2)14(20)18-9-7-17(8-10-18)13(19)11(3)12(4)15/h11-12H,5-10,15H2,1-4H3. The maximum absolute atomic E-state index is 12.2. The minimum atomic E-state index is -0.167. The zero-order valence-corrected chi connectivity index (χ0v) is 13.1. The van der Waals surface area contributed by atoms with Crippen molar-refractivity contribution in [3.63, 3.8) is 0 Å². The van der Waals surface area contributed by atoms with Crippen molar-refractivity contribution in [2.45, 2.75) is 33.7 Å². The van der Waals surface area contributed by atoms with Crippen molar-refractivity contribution in [3.05, 3.63) is 0 Å². The molecule has 0 aromatic heterocycles. The maximum atomic E-state index is 12.2. The Morgan fingerprint density at radius 2 is 1.50 bits per heavy atom. The van der Waals surface area contributed by atoms with Gasteiger partial charge in [0, 0.05) is 45.3 Å². The summed E-state index contributed by atoms with van der Waals surface area (Å²) in [6, 6.07) is -0.0693. The van der Waals surface area contributed by atoms with E-state index in [9.17, 15) is 9.59 Å². The molecule has 2 N–H and O–H groups in total. The van der Waals surface area contributed by atoms with Gasteiger partial charge in [0.05, 0.1) is 5.92 Å². The van der Waals surface area contributed by atoms with Crippen LogP contribution in [0.5, 0.6) is 0 Å². The second-order valence-electron chi connectivity index (χ2n) is 5.41. The van der Waals surface area contributed by atoms with Gasteiger partial charge in [-0.2, -0.15) is 0 Å². The van der Waals surface area contributed by atoms with Crippen molar-refractivity contribution < 1.29 is 9.59 Å². The Labute approximate surface area is 121 Å². The van der Waals surface area contributed by atoms with Crippen LogP contribution in [-0.2, 0) is 4.79 Å². The van der Waals surface area contributed by atoms with E-state index in [4.69, 9.17) is 5.73 Å². The summed E-state index contributed by atoms with van der Waals surface area (Å²) in [5.41, 5.74) is 5.78. The van der Waals surface area contributed by atoms with Crippen LogP contribution in [0.15, 0.2) is 0 Å². The summed E-state index contributed by atoms with van der Waals surface area (Å²) in [5, 5.41) is 0. The maximum Gasteiger partial charge on any atom is 0.320 e. The van der Waals surface area contributed by atoms with E-state index in [2.05, 4.69) is 0 Å². The highest BCUT2D eigenvalue weighted by Gasteiger charge is 2.29. The molecule has 0 saturated carbocycles. The Morgan fingerprint density at radius 3 is 1.90 bits per heavy atom. The van der Waals surface area contributed by atoms with Crippen LogP contribution in [-0.4, -0.2) is 71.9 Å². The molecule has 1 aliphatic heterocycles. The highest BCUT2D eigenvalue weighted by atomic mass is 16.2. The molecule has 0 radical (unpaired) electrons. The first kappa shape index (κ1) is 16.8. The van der Waals surface area contributed by atoms with Gasteiger partial charge < -0.3 is 20.4 Å². The van der Waals surface area contributed by atoms with Crippen LogP contribution in [0, 0.1) is 5.92 Å². The lowest BCUT2D eigenvalue weighted by Gasteiger charge is -2.38. The highest BCUT2D eigenvalue weighted by Crippen LogP contribution is 2.11. The molecule has 1 aliphatic rings. The van der Waals surface area contributed by atoms with Gasteiger partial charge in [-0.05, 0) is 20.8 Å². The zero-order valence-electron chi connectivity index (χ0n) is 13.1. The van der Waals surface area contributed by atoms with Crippen LogP contribution in [0.1, 0.15) is 27.7 Å². The third-order valence-corrected chi connectivity index (χ3v) is 4.07. The Morgan fingerprint density at radius 1 is 1.05 bits per heavy atom. The molecule has 6 heteroatoms. The minimum absolute atomic E-state index is 0.0716. The molecule has 2 atom stereocenters. The third-order valence-electron chi connectivity index (χ3n) is 4.07. The predicted octanol–water partition coefficient (Wildman–Crippen LogP) is 0.576. The first-order chi connectivity index (χ1) is 9.42. The number of piperazine rings is 1. The number of hydrogen-bond donors (Lipinski definition) is 1. The molecule has 116 valence electrons. The fourth-order valence-corrected chi connectivity index (χ4v) is 2.33. The molecule has 0 spiro atoms. The van der Waals surface area contributed by atoms with Gasteiger partial charge in [0.25, 0.3) is 0 Å². The van der Waals surface area contributed by atoms with Gasteiger partial charge in [-0.3, -0.25) is 4.79 Å². The molecule has 0 aromatic carbocycles. The van der Waals surface area contributed by atoms with Crippen molar-refractivity contribution >= 4 is 11.9 Å². The summed E-state index contributed by atoms with van der Waals surface area (Å²) in [6.07, 6.45) is 0. The second-order valence-corrected chi connectivity index (χ2v) is 5.41. The predicted molar refractivity (Wildman–Crippen MR) is 79.3 cm³/mol. The third kappa shape index (κ3) is 3.85. The monoisotopic (exact) mass is 284 g/mol. The molecular weight excluding hydrogens is 256 g/mol. The average Bonchev–Trinajstić information content (AvgIpc) is 2.46. The summed E-state index contributed by atoms with van der Waals surface area (Å²) in [7, 11) is 0. The lowest BCUT2D eigenvalue weighted by molar-refractivity contribution is -0.137. The molecule has 3 amide bonds. The van der Waals surface area contributed by atoms with Crippen LogP contribution in [0.25, 0.3) is 0 Å². The topological polar surface area (TPSA) is 69.9 Å². The zero-order chi connectivity index (χ0) is 15.3. The lowest BCUT2D eigenvalue weighted by atomic mass is 10.0. The highest BCUT2D eigenvalue weighted by molar-refractivity contribution is 5.80. The number of carbonyl (C=O) groups is 2. The molecule has 1 rings (SSSR count). The summed E-state index contributed by atoms with van der Waals surface area (Å²) >= 11 is 0. The number of hydrogen-bond acceptors (Lipinski definition) is 3. The minimum Gasteiger partial charge on any atom is -0.339 e. The number of amides is 3. The SMILES string of the molecule is CCN(CC)C(=O)N1CCN(C(=O)C(C)C(C)N)CC1. The molecule has 1 saturated heterocycles. The van der Waals surface area contributed by atoms with Crippen LogP contribution in [0.2, 0.25) is 0 Å². The molecule has 0 aromatic rings. The van der Waals surface area contributed by atoms with Gasteiger partial charge in [0.1, 0.15) is 0 Å². The van der Waals surface area contributed by atoms with E-state index in [1.54, 1.807) is 0 Å². The fraction of sp³-hybridized carbons (Fsp3) is 0.857. The van der Waals surface area contributed by atoms with Gasteiger partial charge in [-0.1, -0.05) is 6.92 Å². The van der Waals surface area contributed by atoms with E-state index in [0.29, 0.717) is 26.2 Å². The van der Waals surface area contributed by atoms with Gasteiger partial charge >= 0.3 is 6.03 Å². The van der Waals surface area contributed by atoms with Gasteiger partial charge in [0.15, 0.2) is 0 Å². The summed E-state index contributed by atoms with van der Waals surface area (Å²) in [6.45, 7) is 11.5. The Kier molecular flexibility index (Phi) is 6.26. The molecule has 6 nitrogen and oxygen atoms in total. The van der Waals surface area contributed by atoms with Crippen molar-refractivity contribution in [2.24, 2.45) is 11.7 Å². The molecule has 0 bridgehead atoms. The normalized spacial score (nSPS) is 18.6. The Bertz CT molecular complexity index is 312. The van der Waals surface area contributed by atoms with Crippen LogP contribution in [0.4, 0.5) is 4.79 Å². The van der Waals surface area contributed by atoms with Crippen molar-refractivity contribution in [1.82, 2.24) is 14.7 Å². The van der Waals surface area contributed by atoms with Crippen molar-refractivity contribution in [2.75, 3.05) is 39.3 Å². The lowest BCUT2D eigenvalue weighted by Crippen LogP contribution is -2.55. The number of nitrogens with two attached hydrogens (primary N) is 1. The molecule has 1 fully saturated rings. The molecule has 1 heterocycles. The van der Waals surface area contributed by atoms with Gasteiger partial charge in [-0.15, -0.1) is 0 Å². The molecule has 0 aliphatic carbocycles. The van der Waals surface area contributed by atoms with E-state index in [1.807, 2.05) is 42.4 Å². The van der Waals surface area contributed by atoms with Gasteiger partial charge in [-0.25, -0.2) is 4.79 Å². The smallest absolute Gasteiger partial charge is 0.320 e. The fourth-order valence-electron chi connectivity index (χ4n) is 2.33. The summed E-state index contributed by atoms with van der Waals surface area (Å²) in [5.74, 6) is -0.0741. The number of rotatable bonds is 4. The Hall–Kier alpha value is -1.30. The molecule has 2 unspecified atom stereocenters. The number of urea groups is 1. The first-order valence-corrected chi connectivity index (χ1v) is 7.50. The summed E-state index contributed by atoms with van der Waals surface area (Å²) < 4.78 is 0. The van der Waals surface area contributed by atoms with Crippen molar-refractivity contribution in [1.29, 1.82) is 0 Å². The van der Waals surface area contributed by atoms with E-state index < -0.39 is 0 Å². The van der Waals surface area contributed by atoms with Crippen LogP contribution >= 0.6 is 0 Å². The average molecular weight is 284 g/mol. The largest absolute Gasteiger partial charge is 0.339 e. The van der Waals surface area contributed by atoms with Gasteiger partial charge in [0.2, 0.25) is 5.91 Å². The summed E-state index contributed by atoms with van der Waals surface area (Å²) in [4.78, 5) is 29.9. The molecule has 20 heavy (non-hydrogen) atoms. The van der Waals surface area contributed by atoms with E-state index in [-0.39, 0.29) is 23.9 Å². The quantitative estimate of drug-likeness (QED) is 0.821. The van der Waals surface area contributed by atoms with E-state index >= 15 is 0 Å². The van der Waals surface area contributed by atoms with E-state index in [0.717, 1.165) is 13.1 Å². The number of nitrogens with zero attached hydrogens (tertiary/aromatic N) is 3. The van der Waals surface area contributed by atoms with Crippen molar-refractivity contribution in [3.8, 4) is 0 Å². The van der Waals surface area contributed by atoms with Crippen LogP contribution < -0.4 is 5.73 Å². The van der Waals surface area contributed by atoms with Crippen LogP contribution in [0.3, 0.4) is 0 Å². The molecular formula is C14H28N4O2. The van der Waals surface area contributed by atoms with E-state index in [1.165, 1.54) is 0 Å². The Balaban J connectivity index is 2.51. The second kappa shape index (κ2) is 7.47. The number of carbonyl (C=O) groups excluding carboxylic acids is 2.